The Bertz CT molecular complexity index is 1980. The van der Waals surface area contributed by atoms with Crippen LogP contribution in [0.1, 0.15) is 27.8 Å². The molecule has 0 bridgehead atoms. The van der Waals surface area contributed by atoms with Gasteiger partial charge in [-0.15, -0.1) is 0 Å². The standard InChI is InChI=1S/C42H31N/c1-30-28-40-41(37-25-15-14-24-36(30)37)38-27-26-35(43(33-20-10-4-11-21-33)34-22-12-5-13-23-34)29-39(38)42(40,31-16-6-2-7-17-31)32-18-8-3-9-19-32/h2-29H,1H3. The van der Waals surface area contributed by atoms with Crippen LogP contribution in [0.3, 0.4) is 0 Å². The van der Waals surface area contributed by atoms with Crippen LogP contribution in [0.5, 0.6) is 0 Å². The van der Waals surface area contributed by atoms with Gasteiger partial charge in [-0.1, -0.05) is 133 Å². The third kappa shape index (κ3) is 3.86. The minimum atomic E-state index is -0.475. The Morgan fingerprint density at radius 1 is 0.419 bits per heavy atom. The summed E-state index contributed by atoms with van der Waals surface area (Å²) in [7, 11) is 0. The first-order chi connectivity index (χ1) is 21.3. The summed E-state index contributed by atoms with van der Waals surface area (Å²) in [5, 5.41) is 2.62. The molecular weight excluding hydrogens is 518 g/mol. The second-order valence-corrected chi connectivity index (χ2v) is 11.4. The van der Waals surface area contributed by atoms with Crippen LogP contribution in [-0.2, 0) is 5.41 Å². The lowest BCUT2D eigenvalue weighted by Gasteiger charge is -2.35. The summed E-state index contributed by atoms with van der Waals surface area (Å²) in [4.78, 5) is 2.37. The highest BCUT2D eigenvalue weighted by Gasteiger charge is 2.47. The lowest BCUT2D eigenvalue weighted by molar-refractivity contribution is 0.768. The van der Waals surface area contributed by atoms with E-state index in [4.69, 9.17) is 0 Å². The van der Waals surface area contributed by atoms with Gasteiger partial charge in [0.25, 0.3) is 0 Å². The number of rotatable bonds is 5. The number of hydrogen-bond donors (Lipinski definition) is 0. The molecular formula is C42H31N. The Morgan fingerprint density at radius 3 is 1.47 bits per heavy atom. The molecule has 204 valence electrons. The van der Waals surface area contributed by atoms with E-state index >= 15 is 0 Å². The molecule has 0 saturated carbocycles. The van der Waals surface area contributed by atoms with Gasteiger partial charge in [-0.3, -0.25) is 0 Å². The van der Waals surface area contributed by atoms with Crippen LogP contribution in [0.25, 0.3) is 21.9 Å². The molecule has 0 amide bonds. The van der Waals surface area contributed by atoms with Gasteiger partial charge >= 0.3 is 0 Å². The first kappa shape index (κ1) is 25.3. The van der Waals surface area contributed by atoms with Crippen molar-refractivity contribution in [1.82, 2.24) is 0 Å². The van der Waals surface area contributed by atoms with E-state index in [9.17, 15) is 0 Å². The Balaban J connectivity index is 1.51. The summed E-state index contributed by atoms with van der Waals surface area (Å²) in [6.07, 6.45) is 0. The Morgan fingerprint density at radius 2 is 0.907 bits per heavy atom. The molecule has 0 N–H and O–H groups in total. The van der Waals surface area contributed by atoms with Gasteiger partial charge in [-0.2, -0.15) is 0 Å². The largest absolute Gasteiger partial charge is 0.310 e. The Kier molecular flexibility index (Phi) is 5.98. The SMILES string of the molecule is Cc1cc2c(c3ccccc13)-c1ccc(N(c3ccccc3)c3ccccc3)cc1C2(c1ccccc1)c1ccccc1. The lowest BCUT2D eigenvalue weighted by Crippen LogP contribution is -2.29. The predicted molar refractivity (Wildman–Crippen MR) is 181 cm³/mol. The van der Waals surface area contributed by atoms with E-state index in [1.807, 2.05) is 0 Å². The molecule has 0 heterocycles. The Labute approximate surface area is 253 Å². The molecule has 43 heavy (non-hydrogen) atoms. The number of fused-ring (bicyclic) bond motifs is 5. The van der Waals surface area contributed by atoms with Crippen molar-refractivity contribution in [3.05, 3.63) is 198 Å². The summed E-state index contributed by atoms with van der Waals surface area (Å²) in [5.41, 5.74) is 12.1. The summed E-state index contributed by atoms with van der Waals surface area (Å²) in [6.45, 7) is 2.25. The van der Waals surface area contributed by atoms with Crippen molar-refractivity contribution in [3.8, 4) is 11.1 Å². The fourth-order valence-electron chi connectivity index (χ4n) is 7.25. The zero-order valence-corrected chi connectivity index (χ0v) is 24.1. The van der Waals surface area contributed by atoms with E-state index in [0.29, 0.717) is 0 Å². The molecule has 0 atom stereocenters. The van der Waals surface area contributed by atoms with Gasteiger partial charge in [-0.25, -0.2) is 0 Å². The number of para-hydroxylation sites is 2. The highest BCUT2D eigenvalue weighted by Crippen LogP contribution is 2.59. The Hall–Kier alpha value is -5.40. The number of nitrogens with zero attached hydrogens (tertiary/aromatic N) is 1. The van der Waals surface area contributed by atoms with E-state index in [2.05, 4.69) is 182 Å². The highest BCUT2D eigenvalue weighted by molar-refractivity contribution is 6.05. The average molecular weight is 550 g/mol. The van der Waals surface area contributed by atoms with Crippen molar-refractivity contribution in [2.45, 2.75) is 12.3 Å². The van der Waals surface area contributed by atoms with Crippen LogP contribution in [-0.4, -0.2) is 0 Å². The third-order valence-electron chi connectivity index (χ3n) is 9.03. The molecule has 0 spiro atoms. The van der Waals surface area contributed by atoms with Crippen LogP contribution < -0.4 is 4.90 Å². The van der Waals surface area contributed by atoms with Crippen LogP contribution in [0.2, 0.25) is 0 Å². The van der Waals surface area contributed by atoms with Crippen LogP contribution in [0.4, 0.5) is 17.1 Å². The van der Waals surface area contributed by atoms with Gasteiger partial charge in [0.05, 0.1) is 5.41 Å². The topological polar surface area (TPSA) is 3.24 Å². The van der Waals surface area contributed by atoms with Crippen molar-refractivity contribution in [3.63, 3.8) is 0 Å². The minimum Gasteiger partial charge on any atom is -0.310 e. The molecule has 7 aromatic carbocycles. The van der Waals surface area contributed by atoms with E-state index in [1.54, 1.807) is 0 Å². The third-order valence-corrected chi connectivity index (χ3v) is 9.03. The number of benzene rings is 7. The maximum atomic E-state index is 2.45. The van der Waals surface area contributed by atoms with E-state index in [1.165, 1.54) is 49.7 Å². The second-order valence-electron chi connectivity index (χ2n) is 11.4. The van der Waals surface area contributed by atoms with Gasteiger partial charge in [0.15, 0.2) is 0 Å². The smallest absolute Gasteiger partial charge is 0.0714 e. The molecule has 7 aromatic rings. The van der Waals surface area contributed by atoms with E-state index in [-0.39, 0.29) is 0 Å². The molecule has 1 aliphatic rings. The zero-order valence-electron chi connectivity index (χ0n) is 24.1. The maximum absolute atomic E-state index is 2.45. The number of aryl methyl sites for hydroxylation is 1. The number of hydrogen-bond acceptors (Lipinski definition) is 1. The van der Waals surface area contributed by atoms with Gasteiger partial charge in [-0.05, 0) is 93.0 Å². The monoisotopic (exact) mass is 549 g/mol. The van der Waals surface area contributed by atoms with Crippen molar-refractivity contribution in [1.29, 1.82) is 0 Å². The molecule has 0 fully saturated rings. The molecule has 0 aromatic heterocycles. The van der Waals surface area contributed by atoms with Gasteiger partial charge < -0.3 is 4.90 Å². The molecule has 1 heteroatoms. The quantitative estimate of drug-likeness (QED) is 0.206. The second kappa shape index (κ2) is 10.2. The van der Waals surface area contributed by atoms with Crippen molar-refractivity contribution in [2.24, 2.45) is 0 Å². The lowest BCUT2D eigenvalue weighted by atomic mass is 9.67. The van der Waals surface area contributed by atoms with E-state index < -0.39 is 5.41 Å². The fraction of sp³-hybridized carbons (Fsp3) is 0.0476. The predicted octanol–water partition coefficient (Wildman–Crippen LogP) is 11.0. The summed E-state index contributed by atoms with van der Waals surface area (Å²) in [6, 6.07) is 61.9. The highest BCUT2D eigenvalue weighted by atomic mass is 15.1. The molecule has 0 radical (unpaired) electrons. The fourth-order valence-corrected chi connectivity index (χ4v) is 7.25. The van der Waals surface area contributed by atoms with E-state index in [0.717, 1.165) is 17.1 Å². The van der Waals surface area contributed by atoms with Crippen LogP contribution in [0, 0.1) is 6.92 Å². The summed E-state index contributed by atoms with van der Waals surface area (Å²) >= 11 is 0. The van der Waals surface area contributed by atoms with Crippen molar-refractivity contribution in [2.75, 3.05) is 4.90 Å². The molecule has 0 unspecified atom stereocenters. The first-order valence-corrected chi connectivity index (χ1v) is 15.0. The van der Waals surface area contributed by atoms with Gasteiger partial charge in [0.1, 0.15) is 0 Å². The number of anilines is 3. The van der Waals surface area contributed by atoms with Crippen molar-refractivity contribution >= 4 is 27.8 Å². The first-order valence-electron chi connectivity index (χ1n) is 15.0. The van der Waals surface area contributed by atoms with Crippen LogP contribution >= 0.6 is 0 Å². The van der Waals surface area contributed by atoms with Crippen molar-refractivity contribution < 1.29 is 0 Å². The summed E-state index contributed by atoms with van der Waals surface area (Å²) < 4.78 is 0. The summed E-state index contributed by atoms with van der Waals surface area (Å²) in [5.74, 6) is 0. The van der Waals surface area contributed by atoms with Gasteiger partial charge in [0, 0.05) is 17.1 Å². The minimum absolute atomic E-state index is 0.475. The zero-order chi connectivity index (χ0) is 28.8. The van der Waals surface area contributed by atoms with Gasteiger partial charge in [0.2, 0.25) is 0 Å². The molecule has 0 saturated heterocycles. The average Bonchev–Trinajstić information content (AvgIpc) is 3.37. The molecule has 1 nitrogen and oxygen atoms in total. The van der Waals surface area contributed by atoms with Crippen LogP contribution in [0.15, 0.2) is 170 Å². The maximum Gasteiger partial charge on any atom is 0.0714 e. The molecule has 0 aliphatic heterocycles. The molecule has 8 rings (SSSR count). The normalized spacial score (nSPS) is 13.0. The molecule has 1 aliphatic carbocycles.